The summed E-state index contributed by atoms with van der Waals surface area (Å²) in [6, 6.07) is 11.2. The second-order valence-corrected chi connectivity index (χ2v) is 13.0. The first-order valence-electron chi connectivity index (χ1n) is 14.6. The number of nitrogen functional groups attached to an aromatic ring is 1. The number of nitrogens with zero attached hydrogens (tertiary/aromatic N) is 2. The Kier molecular flexibility index (Phi) is 12.3. The van der Waals surface area contributed by atoms with E-state index in [4.69, 9.17) is 20.5 Å². The van der Waals surface area contributed by atoms with Crippen molar-refractivity contribution in [2.24, 2.45) is 0 Å². The largest absolute Gasteiger partial charge is 0.395 e. The molecule has 3 fully saturated rings. The van der Waals surface area contributed by atoms with Gasteiger partial charge in [0.15, 0.2) is 0 Å². The topological polar surface area (TPSA) is 101 Å². The maximum atomic E-state index is 13.6. The van der Waals surface area contributed by atoms with E-state index >= 15 is 0 Å². The Morgan fingerprint density at radius 3 is 2.45 bits per heavy atom. The molecule has 42 heavy (non-hydrogen) atoms. The molecule has 228 valence electrons. The highest BCUT2D eigenvalue weighted by atomic mass is 32.2. The van der Waals surface area contributed by atoms with Crippen LogP contribution in [-0.2, 0) is 14.3 Å². The van der Waals surface area contributed by atoms with Crippen molar-refractivity contribution in [2.45, 2.75) is 85.4 Å². The predicted molar refractivity (Wildman–Crippen MR) is 163 cm³/mol. The molecule has 0 spiro atoms. The van der Waals surface area contributed by atoms with Crippen LogP contribution >= 0.6 is 23.7 Å². The summed E-state index contributed by atoms with van der Waals surface area (Å²) < 4.78 is 40.4. The second kappa shape index (κ2) is 15.9. The van der Waals surface area contributed by atoms with Gasteiger partial charge in [0.2, 0.25) is 0 Å². The van der Waals surface area contributed by atoms with Gasteiger partial charge in [0.1, 0.15) is 23.3 Å². The van der Waals surface area contributed by atoms with Crippen molar-refractivity contribution in [3.05, 3.63) is 53.6 Å². The van der Waals surface area contributed by atoms with Crippen LogP contribution in [0.2, 0.25) is 0 Å². The van der Waals surface area contributed by atoms with E-state index in [1.54, 1.807) is 0 Å². The first-order valence-corrected chi connectivity index (χ1v) is 16.4. The van der Waals surface area contributed by atoms with Gasteiger partial charge in [0.05, 0.1) is 23.5 Å². The fraction of sp³-hybridized carbons (Fsp3) is 0.548. The molecule has 1 heterocycles. The van der Waals surface area contributed by atoms with Crippen LogP contribution in [0.5, 0.6) is 0 Å². The number of benzene rings is 2. The molecule has 5 rings (SSSR count). The molecule has 1 aliphatic heterocycles. The Morgan fingerprint density at radius 1 is 1.10 bits per heavy atom. The minimum Gasteiger partial charge on any atom is -0.395 e. The maximum Gasteiger partial charge on any atom is 0.262 e. The lowest BCUT2D eigenvalue weighted by Crippen LogP contribution is -2.52. The first-order chi connectivity index (χ1) is 20.3. The highest BCUT2D eigenvalue weighted by Crippen LogP contribution is 2.33. The van der Waals surface area contributed by atoms with Gasteiger partial charge in [-0.3, -0.25) is 14.4 Å². The molecule has 0 unspecified atom stereocenters. The van der Waals surface area contributed by atoms with E-state index in [0.717, 1.165) is 54.9 Å². The van der Waals surface area contributed by atoms with Crippen molar-refractivity contribution < 1.29 is 23.0 Å². The Labute approximate surface area is 256 Å². The van der Waals surface area contributed by atoms with Crippen LogP contribution in [-0.4, -0.2) is 61.1 Å². The van der Waals surface area contributed by atoms with Gasteiger partial charge in [-0.1, -0.05) is 19.3 Å². The molecule has 0 aromatic heterocycles. The van der Waals surface area contributed by atoms with Gasteiger partial charge in [-0.15, -0.1) is 11.8 Å². The summed E-state index contributed by atoms with van der Waals surface area (Å²) in [6.07, 6.45) is 10.4. The smallest absolute Gasteiger partial charge is 0.262 e. The Balaban J connectivity index is 0.000000193. The Hall–Kier alpha value is -2.36. The molecule has 3 N–H and O–H groups in total. The van der Waals surface area contributed by atoms with Crippen LogP contribution in [0, 0.1) is 23.0 Å². The minimum atomic E-state index is -0.810. The summed E-state index contributed by atoms with van der Waals surface area (Å²) in [4.78, 5) is 16.4. The molecule has 0 atom stereocenters. The summed E-state index contributed by atoms with van der Waals surface area (Å²) >= 11 is 2.78. The van der Waals surface area contributed by atoms with Crippen LogP contribution in [0.4, 0.5) is 14.5 Å². The number of carbonyl (C=O) groups excluding carboxylic acids is 1. The van der Waals surface area contributed by atoms with Crippen LogP contribution in [0.15, 0.2) is 46.2 Å². The highest BCUT2D eigenvalue weighted by molar-refractivity contribution is 7.99. The number of ether oxygens (including phenoxy) is 2. The Bertz CT molecular complexity index is 1210. The average Bonchev–Trinajstić information content (AvgIpc) is 3.81. The fourth-order valence-electron chi connectivity index (χ4n) is 5.02. The predicted octanol–water partition coefficient (Wildman–Crippen LogP) is 6.31. The van der Waals surface area contributed by atoms with Crippen molar-refractivity contribution in [1.29, 1.82) is 5.26 Å². The summed E-state index contributed by atoms with van der Waals surface area (Å²) in [6.45, 7) is 3.44. The lowest BCUT2D eigenvalue weighted by atomic mass is 9.84. The van der Waals surface area contributed by atoms with E-state index < -0.39 is 11.4 Å². The van der Waals surface area contributed by atoms with Gasteiger partial charge in [-0.2, -0.15) is 5.26 Å². The molecule has 1 amide bonds. The summed E-state index contributed by atoms with van der Waals surface area (Å²) in [5.74, 6) is 0.0574. The number of halogens is 2. The molecule has 7 nitrogen and oxygen atoms in total. The fourth-order valence-corrected chi connectivity index (χ4v) is 6.66. The number of hydrogen-bond donors (Lipinski definition) is 2. The summed E-state index contributed by atoms with van der Waals surface area (Å²) in [7, 11) is 1.53. The normalized spacial score (nSPS) is 18.3. The van der Waals surface area contributed by atoms with Crippen LogP contribution in [0.3, 0.4) is 0 Å². The van der Waals surface area contributed by atoms with Crippen LogP contribution < -0.4 is 10.5 Å². The quantitative estimate of drug-likeness (QED) is 0.124. The van der Waals surface area contributed by atoms with Gasteiger partial charge in [0, 0.05) is 30.0 Å². The van der Waals surface area contributed by atoms with E-state index in [1.807, 2.05) is 30.0 Å². The molecular weight excluding hydrogens is 578 g/mol. The number of rotatable bonds is 12. The summed E-state index contributed by atoms with van der Waals surface area (Å²) in [5.41, 5.74) is 4.52. The van der Waals surface area contributed by atoms with Crippen LogP contribution in [0.1, 0.15) is 63.4 Å². The maximum absolute atomic E-state index is 13.6. The number of nitriles is 1. The lowest BCUT2D eigenvalue weighted by molar-refractivity contribution is -0.145. The third-order valence-electron chi connectivity index (χ3n) is 7.73. The number of anilines is 1. The minimum absolute atomic E-state index is 0.0517. The van der Waals surface area contributed by atoms with E-state index in [9.17, 15) is 13.6 Å². The van der Waals surface area contributed by atoms with Gasteiger partial charge in [0.25, 0.3) is 5.91 Å². The number of likely N-dealkylation sites (tertiary alicyclic amines) is 1. The molecule has 0 bridgehead atoms. The average molecular weight is 619 g/mol. The Morgan fingerprint density at radius 2 is 1.81 bits per heavy atom. The van der Waals surface area contributed by atoms with Crippen molar-refractivity contribution in [3.63, 3.8) is 0 Å². The zero-order valence-corrected chi connectivity index (χ0v) is 25.7. The number of carbonyl (C=O) groups is 1. The van der Waals surface area contributed by atoms with Crippen molar-refractivity contribution in [3.8, 4) is 6.07 Å². The SMILES string of the molecule is COC1(C(=O)NSc2cc(F)c(N)c(C#N)c2)CCCCC1.Fc1ccc(SCCCCN2CC(OC3CC3)C2)cc1. The third-order valence-corrected chi connectivity index (χ3v) is 9.59. The van der Waals surface area contributed by atoms with Crippen molar-refractivity contribution in [1.82, 2.24) is 9.62 Å². The first kappa shape index (κ1) is 32.6. The molecule has 1 saturated heterocycles. The third kappa shape index (κ3) is 9.58. The van der Waals surface area contributed by atoms with Crippen LogP contribution in [0.25, 0.3) is 0 Å². The molecule has 2 saturated carbocycles. The number of thioether (sulfide) groups is 1. The standard InChI is InChI=1S/C16H22FNOS.C15H18FN3O2S/c17-13-3-7-16(8-4-13)20-10-2-1-9-18-11-15(12-18)19-14-5-6-14;1-21-15(5-3-2-4-6-15)14(20)19-22-11-7-10(9-17)13(18)12(16)8-11/h3-4,7-8,14-15H,1-2,5-6,9-12H2;7-8H,2-6,18H2,1H3,(H,19,20). The number of amides is 1. The second-order valence-electron chi connectivity index (χ2n) is 11.0. The number of nitrogens with one attached hydrogen (secondary N) is 1. The molecule has 2 aromatic rings. The van der Waals surface area contributed by atoms with E-state index in [-0.39, 0.29) is 23.0 Å². The zero-order chi connectivity index (χ0) is 30.0. The number of nitrogens with two attached hydrogens (primary N) is 1. The number of unbranched alkanes of at least 4 members (excludes halogenated alkanes) is 1. The summed E-state index contributed by atoms with van der Waals surface area (Å²) in [5, 5.41) is 8.91. The van der Waals surface area contributed by atoms with E-state index in [0.29, 0.717) is 29.9 Å². The molecule has 3 aliphatic rings. The van der Waals surface area contributed by atoms with Gasteiger partial charge < -0.3 is 15.2 Å². The molecule has 0 radical (unpaired) electrons. The number of hydrogen-bond acceptors (Lipinski definition) is 8. The van der Waals surface area contributed by atoms with Crippen molar-refractivity contribution >= 4 is 35.3 Å². The number of methoxy groups -OCH3 is 1. The molecule has 11 heteroatoms. The van der Waals surface area contributed by atoms with E-state index in [1.165, 1.54) is 63.6 Å². The van der Waals surface area contributed by atoms with E-state index in [2.05, 4.69) is 9.62 Å². The molecule has 2 aromatic carbocycles. The molecular formula is C31H40F2N4O3S2. The van der Waals surface area contributed by atoms with Crippen molar-refractivity contribution in [2.75, 3.05) is 38.2 Å². The molecule has 2 aliphatic carbocycles. The van der Waals surface area contributed by atoms with Gasteiger partial charge in [-0.25, -0.2) is 8.78 Å². The lowest BCUT2D eigenvalue weighted by Gasteiger charge is -2.39. The monoisotopic (exact) mass is 618 g/mol. The zero-order valence-electron chi connectivity index (χ0n) is 24.1. The highest BCUT2D eigenvalue weighted by Gasteiger charge is 2.39. The van der Waals surface area contributed by atoms with Gasteiger partial charge in [-0.05, 0) is 99.2 Å². The van der Waals surface area contributed by atoms with Gasteiger partial charge >= 0.3 is 0 Å².